The van der Waals surface area contributed by atoms with E-state index in [1.54, 1.807) is 24.3 Å². The third-order valence-corrected chi connectivity index (χ3v) is 5.42. The number of anilines is 1. The zero-order valence-corrected chi connectivity index (χ0v) is 17.2. The second kappa shape index (κ2) is 8.15. The van der Waals surface area contributed by atoms with Gasteiger partial charge in [-0.05, 0) is 55.3 Å². The zero-order valence-electron chi connectivity index (χ0n) is 15.6. The molecule has 0 saturated heterocycles. The standard InChI is InChI=1S/C19H19N3O4S2/c1-12-4-5-15(10-13(12)2)17(23)11-27-19-21-20-18(26-19)14-6-8-16(9-7-14)22-28(3,24)25/h4-10,22H,11H2,1-3H3. The van der Waals surface area contributed by atoms with Crippen LogP contribution in [0.3, 0.4) is 0 Å². The Kier molecular flexibility index (Phi) is 5.85. The van der Waals surface area contributed by atoms with Crippen LogP contribution in [0.2, 0.25) is 0 Å². The van der Waals surface area contributed by atoms with Crippen molar-refractivity contribution in [3.8, 4) is 11.5 Å². The van der Waals surface area contributed by atoms with Crippen LogP contribution in [0, 0.1) is 13.8 Å². The van der Waals surface area contributed by atoms with E-state index in [9.17, 15) is 13.2 Å². The van der Waals surface area contributed by atoms with Crippen molar-refractivity contribution >= 4 is 33.3 Å². The van der Waals surface area contributed by atoms with E-state index in [0.717, 1.165) is 17.4 Å². The molecular formula is C19H19N3O4S2. The molecule has 9 heteroatoms. The summed E-state index contributed by atoms with van der Waals surface area (Å²) in [5.74, 6) is 0.484. The molecule has 2 aromatic carbocycles. The Bertz CT molecular complexity index is 1110. The second-order valence-electron chi connectivity index (χ2n) is 6.34. The van der Waals surface area contributed by atoms with Gasteiger partial charge in [0.2, 0.25) is 15.9 Å². The van der Waals surface area contributed by atoms with Gasteiger partial charge >= 0.3 is 0 Å². The van der Waals surface area contributed by atoms with Crippen molar-refractivity contribution in [1.82, 2.24) is 10.2 Å². The van der Waals surface area contributed by atoms with Crippen molar-refractivity contribution in [2.75, 3.05) is 16.7 Å². The quantitative estimate of drug-likeness (QED) is 0.462. The Labute approximate surface area is 167 Å². The van der Waals surface area contributed by atoms with Crippen LogP contribution < -0.4 is 4.72 Å². The number of sulfonamides is 1. The molecule has 0 unspecified atom stereocenters. The number of benzene rings is 2. The molecule has 3 rings (SSSR count). The van der Waals surface area contributed by atoms with E-state index in [-0.39, 0.29) is 11.5 Å². The third-order valence-electron chi connectivity index (χ3n) is 4.00. The van der Waals surface area contributed by atoms with Gasteiger partial charge in [-0.2, -0.15) is 0 Å². The molecule has 0 aliphatic carbocycles. The van der Waals surface area contributed by atoms with Gasteiger partial charge in [0.1, 0.15) is 0 Å². The minimum Gasteiger partial charge on any atom is -0.411 e. The lowest BCUT2D eigenvalue weighted by Gasteiger charge is -2.04. The number of aromatic nitrogens is 2. The summed E-state index contributed by atoms with van der Waals surface area (Å²) in [6.45, 7) is 3.97. The first kappa shape index (κ1) is 20.1. The van der Waals surface area contributed by atoms with Gasteiger partial charge in [-0.3, -0.25) is 9.52 Å². The second-order valence-corrected chi connectivity index (χ2v) is 9.01. The summed E-state index contributed by atoms with van der Waals surface area (Å²) >= 11 is 1.18. The smallest absolute Gasteiger partial charge is 0.277 e. The molecule has 0 atom stereocenters. The Hall–Kier alpha value is -2.65. The Morgan fingerprint density at radius 2 is 1.79 bits per heavy atom. The molecule has 1 heterocycles. The highest BCUT2D eigenvalue weighted by atomic mass is 32.2. The minimum absolute atomic E-state index is 0.0101. The largest absolute Gasteiger partial charge is 0.411 e. The van der Waals surface area contributed by atoms with E-state index in [4.69, 9.17) is 4.42 Å². The predicted molar refractivity (Wildman–Crippen MR) is 109 cm³/mol. The van der Waals surface area contributed by atoms with Gasteiger partial charge in [-0.25, -0.2) is 8.42 Å². The van der Waals surface area contributed by atoms with Crippen LogP contribution in [0.1, 0.15) is 21.5 Å². The van der Waals surface area contributed by atoms with Crippen LogP contribution in [0.4, 0.5) is 5.69 Å². The molecule has 0 aliphatic rings. The summed E-state index contributed by atoms with van der Waals surface area (Å²) in [4.78, 5) is 12.3. The van der Waals surface area contributed by atoms with Crippen molar-refractivity contribution in [3.63, 3.8) is 0 Å². The van der Waals surface area contributed by atoms with Crippen LogP contribution in [-0.2, 0) is 10.0 Å². The fourth-order valence-electron chi connectivity index (χ4n) is 2.41. The topological polar surface area (TPSA) is 102 Å². The molecule has 0 saturated carbocycles. The van der Waals surface area contributed by atoms with Crippen LogP contribution in [0.25, 0.3) is 11.5 Å². The van der Waals surface area contributed by atoms with Crippen molar-refractivity contribution in [3.05, 3.63) is 59.2 Å². The summed E-state index contributed by atoms with van der Waals surface area (Å²) < 4.78 is 30.5. The van der Waals surface area contributed by atoms with E-state index in [2.05, 4.69) is 14.9 Å². The number of ketones is 1. The summed E-state index contributed by atoms with van der Waals surface area (Å²) in [7, 11) is -3.33. The molecular weight excluding hydrogens is 398 g/mol. The number of nitrogens with zero attached hydrogens (tertiary/aromatic N) is 2. The minimum atomic E-state index is -3.33. The monoisotopic (exact) mass is 417 g/mol. The molecule has 7 nitrogen and oxygen atoms in total. The highest BCUT2D eigenvalue weighted by molar-refractivity contribution is 7.99. The van der Waals surface area contributed by atoms with Crippen LogP contribution >= 0.6 is 11.8 Å². The Morgan fingerprint density at radius 3 is 2.43 bits per heavy atom. The Morgan fingerprint density at radius 1 is 1.07 bits per heavy atom. The maximum atomic E-state index is 12.3. The first-order valence-electron chi connectivity index (χ1n) is 8.36. The lowest BCUT2D eigenvalue weighted by molar-refractivity contribution is 0.102. The number of hydrogen-bond acceptors (Lipinski definition) is 7. The van der Waals surface area contributed by atoms with Crippen LogP contribution in [0.5, 0.6) is 0 Å². The molecule has 0 bridgehead atoms. The molecule has 146 valence electrons. The predicted octanol–water partition coefficient (Wildman–Crippen LogP) is 3.70. The molecule has 0 fully saturated rings. The molecule has 0 radical (unpaired) electrons. The first-order valence-corrected chi connectivity index (χ1v) is 11.2. The SMILES string of the molecule is Cc1ccc(C(=O)CSc2nnc(-c3ccc(NS(C)(=O)=O)cc3)o2)cc1C. The first-order chi connectivity index (χ1) is 13.2. The number of Topliss-reactive ketones (excluding diaryl/α,β-unsaturated/α-hetero) is 1. The van der Waals surface area contributed by atoms with Gasteiger partial charge in [0.05, 0.1) is 12.0 Å². The summed E-state index contributed by atoms with van der Waals surface area (Å²) in [5, 5.41) is 8.23. The summed E-state index contributed by atoms with van der Waals surface area (Å²) in [6.07, 6.45) is 1.08. The Balaban J connectivity index is 1.64. The third kappa shape index (κ3) is 5.20. The number of hydrogen-bond donors (Lipinski definition) is 1. The van der Waals surface area contributed by atoms with Gasteiger partial charge in [0.15, 0.2) is 5.78 Å². The van der Waals surface area contributed by atoms with Gasteiger partial charge in [0.25, 0.3) is 5.22 Å². The number of carbonyl (C=O) groups excluding carboxylic acids is 1. The number of carbonyl (C=O) groups is 1. The number of aryl methyl sites for hydroxylation is 2. The van der Waals surface area contributed by atoms with E-state index in [1.807, 2.05) is 32.0 Å². The molecule has 1 N–H and O–H groups in total. The normalized spacial score (nSPS) is 11.4. The molecule has 0 spiro atoms. The molecule has 28 heavy (non-hydrogen) atoms. The highest BCUT2D eigenvalue weighted by Gasteiger charge is 2.13. The fraction of sp³-hybridized carbons (Fsp3) is 0.211. The van der Waals surface area contributed by atoms with E-state index in [1.165, 1.54) is 11.8 Å². The zero-order chi connectivity index (χ0) is 20.3. The average Bonchev–Trinajstić information content (AvgIpc) is 3.10. The number of thioether (sulfide) groups is 1. The maximum absolute atomic E-state index is 12.3. The van der Waals surface area contributed by atoms with Crippen LogP contribution in [-0.4, -0.2) is 36.4 Å². The number of nitrogens with one attached hydrogen (secondary N) is 1. The van der Waals surface area contributed by atoms with Gasteiger partial charge in [0, 0.05) is 16.8 Å². The highest BCUT2D eigenvalue weighted by Crippen LogP contribution is 2.25. The van der Waals surface area contributed by atoms with E-state index >= 15 is 0 Å². The van der Waals surface area contributed by atoms with Crippen LogP contribution in [0.15, 0.2) is 52.1 Å². The van der Waals surface area contributed by atoms with Gasteiger partial charge < -0.3 is 4.42 Å². The number of rotatable bonds is 7. The maximum Gasteiger partial charge on any atom is 0.277 e. The molecule has 0 amide bonds. The van der Waals surface area contributed by atoms with Crippen molar-refractivity contribution in [1.29, 1.82) is 0 Å². The molecule has 3 aromatic rings. The van der Waals surface area contributed by atoms with Gasteiger partial charge in [-0.1, -0.05) is 23.9 Å². The summed E-state index contributed by atoms with van der Waals surface area (Å²) in [5.41, 5.74) is 3.97. The van der Waals surface area contributed by atoms with E-state index in [0.29, 0.717) is 27.9 Å². The molecule has 0 aliphatic heterocycles. The van der Waals surface area contributed by atoms with Crippen molar-refractivity contribution < 1.29 is 17.6 Å². The summed E-state index contributed by atoms with van der Waals surface area (Å²) in [6, 6.07) is 12.2. The average molecular weight is 418 g/mol. The van der Waals surface area contributed by atoms with E-state index < -0.39 is 10.0 Å². The van der Waals surface area contributed by atoms with Gasteiger partial charge in [-0.15, -0.1) is 10.2 Å². The molecule has 1 aromatic heterocycles. The van der Waals surface area contributed by atoms with Crippen molar-refractivity contribution in [2.24, 2.45) is 0 Å². The lowest BCUT2D eigenvalue weighted by Crippen LogP contribution is -2.09. The van der Waals surface area contributed by atoms with Crippen molar-refractivity contribution in [2.45, 2.75) is 19.1 Å². The fourth-order valence-corrected chi connectivity index (χ4v) is 3.63. The lowest BCUT2D eigenvalue weighted by atomic mass is 10.0.